The van der Waals surface area contributed by atoms with E-state index in [9.17, 15) is 9.18 Å². The number of ether oxygens (including phenoxy) is 1. The van der Waals surface area contributed by atoms with Gasteiger partial charge in [-0.05, 0) is 54.8 Å². The smallest absolute Gasteiger partial charge is 0.293 e. The van der Waals surface area contributed by atoms with Crippen molar-refractivity contribution in [2.45, 2.75) is 19.4 Å². The number of hydrogen-bond donors (Lipinski definition) is 0. The van der Waals surface area contributed by atoms with Crippen LogP contribution in [-0.4, -0.2) is 12.5 Å². The van der Waals surface area contributed by atoms with Gasteiger partial charge >= 0.3 is 0 Å². The van der Waals surface area contributed by atoms with E-state index >= 15 is 0 Å². The zero-order chi connectivity index (χ0) is 17.9. The van der Waals surface area contributed by atoms with Crippen LogP contribution in [0.2, 0.25) is 0 Å². The number of amides is 1. The first kappa shape index (κ1) is 16.4. The first-order valence-corrected chi connectivity index (χ1v) is 8.57. The summed E-state index contributed by atoms with van der Waals surface area (Å²) in [4.78, 5) is 14.4. The molecule has 1 amide bonds. The van der Waals surface area contributed by atoms with Gasteiger partial charge in [-0.1, -0.05) is 24.3 Å². The lowest BCUT2D eigenvalue weighted by Crippen LogP contribution is -2.35. The standard InChI is InChI=1S/C21H18FNO3/c22-16-9-8-15-5-4-12-23(19(15)13-16)21(24)20-11-10-18(26-20)14-25-17-6-2-1-3-7-17/h1-3,6-11,13H,4-5,12,14H2. The number of hydrogen-bond acceptors (Lipinski definition) is 3. The van der Waals surface area contributed by atoms with Crippen molar-refractivity contribution in [2.24, 2.45) is 0 Å². The molecule has 0 bridgehead atoms. The second kappa shape index (κ2) is 7.04. The number of benzene rings is 2. The molecule has 0 N–H and O–H groups in total. The Bertz CT molecular complexity index is 920. The van der Waals surface area contributed by atoms with E-state index in [0.717, 1.165) is 24.2 Å². The molecule has 0 aliphatic carbocycles. The lowest BCUT2D eigenvalue weighted by molar-refractivity contribution is 0.0954. The Hall–Kier alpha value is -3.08. The highest BCUT2D eigenvalue weighted by Gasteiger charge is 2.26. The molecule has 2 heterocycles. The highest BCUT2D eigenvalue weighted by molar-refractivity contribution is 6.05. The molecule has 3 aromatic rings. The van der Waals surface area contributed by atoms with Crippen LogP contribution in [-0.2, 0) is 13.0 Å². The Kier molecular flexibility index (Phi) is 4.44. The number of aryl methyl sites for hydroxylation is 1. The fourth-order valence-corrected chi connectivity index (χ4v) is 3.13. The molecular weight excluding hydrogens is 333 g/mol. The van der Waals surface area contributed by atoms with Crippen molar-refractivity contribution in [1.82, 2.24) is 0 Å². The van der Waals surface area contributed by atoms with Crippen molar-refractivity contribution < 1.29 is 18.3 Å². The first-order chi connectivity index (χ1) is 12.7. The third-order valence-corrected chi connectivity index (χ3v) is 4.41. The van der Waals surface area contributed by atoms with Crippen LogP contribution in [0.1, 0.15) is 28.3 Å². The summed E-state index contributed by atoms with van der Waals surface area (Å²) in [5, 5.41) is 0. The van der Waals surface area contributed by atoms with Crippen LogP contribution in [0.25, 0.3) is 0 Å². The molecule has 0 saturated heterocycles. The lowest BCUT2D eigenvalue weighted by atomic mass is 10.0. The summed E-state index contributed by atoms with van der Waals surface area (Å²) < 4.78 is 24.9. The van der Waals surface area contributed by atoms with Gasteiger partial charge in [0.2, 0.25) is 0 Å². The summed E-state index contributed by atoms with van der Waals surface area (Å²) in [6.07, 6.45) is 1.68. The topological polar surface area (TPSA) is 42.7 Å². The van der Waals surface area contributed by atoms with Gasteiger partial charge in [-0.3, -0.25) is 4.79 Å². The fraction of sp³-hybridized carbons (Fsp3) is 0.190. The van der Waals surface area contributed by atoms with Crippen molar-refractivity contribution >= 4 is 11.6 Å². The van der Waals surface area contributed by atoms with Crippen LogP contribution < -0.4 is 9.64 Å². The average molecular weight is 351 g/mol. The van der Waals surface area contributed by atoms with Crippen molar-refractivity contribution in [3.05, 3.63) is 83.6 Å². The van der Waals surface area contributed by atoms with E-state index < -0.39 is 0 Å². The van der Waals surface area contributed by atoms with Crippen molar-refractivity contribution in [3.8, 4) is 5.75 Å². The molecular formula is C21H18FNO3. The van der Waals surface area contributed by atoms with E-state index in [1.54, 1.807) is 23.1 Å². The van der Waals surface area contributed by atoms with Gasteiger partial charge in [0.1, 0.15) is 23.9 Å². The Morgan fingerprint density at radius 1 is 1.12 bits per heavy atom. The van der Waals surface area contributed by atoms with E-state index in [-0.39, 0.29) is 24.1 Å². The number of furan rings is 1. The van der Waals surface area contributed by atoms with Crippen molar-refractivity contribution in [3.63, 3.8) is 0 Å². The predicted molar refractivity (Wildman–Crippen MR) is 95.9 cm³/mol. The van der Waals surface area contributed by atoms with E-state index in [1.165, 1.54) is 12.1 Å². The molecule has 26 heavy (non-hydrogen) atoms. The first-order valence-electron chi connectivity index (χ1n) is 8.57. The van der Waals surface area contributed by atoms with Gasteiger partial charge in [0.05, 0.1) is 5.69 Å². The summed E-state index contributed by atoms with van der Waals surface area (Å²) in [5.74, 6) is 0.919. The molecule has 1 aliphatic rings. The van der Waals surface area contributed by atoms with E-state index in [4.69, 9.17) is 9.15 Å². The number of anilines is 1. The maximum Gasteiger partial charge on any atom is 0.293 e. The van der Waals surface area contributed by atoms with Crippen LogP contribution >= 0.6 is 0 Å². The number of para-hydroxylation sites is 1. The van der Waals surface area contributed by atoms with E-state index in [0.29, 0.717) is 18.0 Å². The Morgan fingerprint density at radius 3 is 2.81 bits per heavy atom. The number of rotatable bonds is 4. The molecule has 0 radical (unpaired) electrons. The van der Waals surface area contributed by atoms with Crippen LogP contribution in [0.4, 0.5) is 10.1 Å². The van der Waals surface area contributed by atoms with Gasteiger partial charge in [-0.15, -0.1) is 0 Å². The largest absolute Gasteiger partial charge is 0.486 e. The Balaban J connectivity index is 1.50. The molecule has 2 aromatic carbocycles. The normalized spacial score (nSPS) is 13.3. The van der Waals surface area contributed by atoms with Crippen molar-refractivity contribution in [2.75, 3.05) is 11.4 Å². The third kappa shape index (κ3) is 3.33. The van der Waals surface area contributed by atoms with Crippen LogP contribution in [0, 0.1) is 5.82 Å². The molecule has 0 atom stereocenters. The molecule has 132 valence electrons. The third-order valence-electron chi connectivity index (χ3n) is 4.41. The SMILES string of the molecule is O=C(c1ccc(COc2ccccc2)o1)N1CCCc2ccc(F)cc21. The molecule has 5 heteroatoms. The lowest BCUT2D eigenvalue weighted by Gasteiger charge is -2.28. The molecule has 0 saturated carbocycles. The van der Waals surface area contributed by atoms with Crippen LogP contribution in [0.3, 0.4) is 0 Å². The maximum absolute atomic E-state index is 13.6. The van der Waals surface area contributed by atoms with Gasteiger partial charge in [-0.2, -0.15) is 0 Å². The zero-order valence-corrected chi connectivity index (χ0v) is 14.2. The molecule has 1 aromatic heterocycles. The number of fused-ring (bicyclic) bond motifs is 1. The van der Waals surface area contributed by atoms with Crippen LogP contribution in [0.5, 0.6) is 5.75 Å². The minimum absolute atomic E-state index is 0.230. The number of nitrogens with zero attached hydrogens (tertiary/aromatic N) is 1. The second-order valence-electron chi connectivity index (χ2n) is 6.20. The Labute approximate surface area is 150 Å². The number of carbonyl (C=O) groups is 1. The van der Waals surface area contributed by atoms with Gasteiger partial charge in [0, 0.05) is 6.54 Å². The van der Waals surface area contributed by atoms with Gasteiger partial charge in [-0.25, -0.2) is 4.39 Å². The molecule has 4 nitrogen and oxygen atoms in total. The fourth-order valence-electron chi connectivity index (χ4n) is 3.13. The predicted octanol–water partition coefficient (Wildman–Crippen LogP) is 4.59. The average Bonchev–Trinajstić information content (AvgIpc) is 3.15. The van der Waals surface area contributed by atoms with Gasteiger partial charge in [0.25, 0.3) is 5.91 Å². The van der Waals surface area contributed by atoms with E-state index in [1.807, 2.05) is 30.3 Å². The molecule has 4 rings (SSSR count). The zero-order valence-electron chi connectivity index (χ0n) is 14.2. The summed E-state index contributed by atoms with van der Waals surface area (Å²) >= 11 is 0. The Morgan fingerprint density at radius 2 is 1.96 bits per heavy atom. The molecule has 0 unspecified atom stereocenters. The minimum Gasteiger partial charge on any atom is -0.486 e. The maximum atomic E-state index is 13.6. The monoisotopic (exact) mass is 351 g/mol. The summed E-state index contributed by atoms with van der Waals surface area (Å²) in [6.45, 7) is 0.786. The van der Waals surface area contributed by atoms with Crippen molar-refractivity contribution in [1.29, 1.82) is 0 Å². The van der Waals surface area contributed by atoms with Gasteiger partial charge in [0.15, 0.2) is 5.76 Å². The summed E-state index contributed by atoms with van der Waals surface area (Å²) in [7, 11) is 0. The minimum atomic E-state index is -0.347. The second-order valence-corrected chi connectivity index (χ2v) is 6.20. The van der Waals surface area contributed by atoms with Crippen LogP contribution in [0.15, 0.2) is 65.1 Å². The molecule has 1 aliphatic heterocycles. The highest BCUT2D eigenvalue weighted by Crippen LogP contribution is 2.29. The number of halogens is 1. The quantitative estimate of drug-likeness (QED) is 0.690. The van der Waals surface area contributed by atoms with E-state index in [2.05, 4.69) is 0 Å². The highest BCUT2D eigenvalue weighted by atomic mass is 19.1. The van der Waals surface area contributed by atoms with Gasteiger partial charge < -0.3 is 14.1 Å². The number of carbonyl (C=O) groups excluding carboxylic acids is 1. The summed E-state index contributed by atoms with van der Waals surface area (Å²) in [5.41, 5.74) is 1.60. The summed E-state index contributed by atoms with van der Waals surface area (Å²) in [6, 6.07) is 17.3. The molecule has 0 spiro atoms. The molecule has 0 fully saturated rings.